The molecule has 26 heavy (non-hydrogen) atoms. The van der Waals surface area contributed by atoms with E-state index in [0.717, 1.165) is 5.56 Å². The molecule has 1 saturated heterocycles. The van der Waals surface area contributed by atoms with E-state index in [9.17, 15) is 12.8 Å². The molecule has 1 heterocycles. The third kappa shape index (κ3) is 4.62. The van der Waals surface area contributed by atoms with Crippen LogP contribution in [0.2, 0.25) is 5.02 Å². The molecule has 3 rings (SSSR count). The normalized spacial score (nSPS) is 17.2. The lowest BCUT2D eigenvalue weighted by Gasteiger charge is -2.38. The number of rotatable bonds is 6. The minimum atomic E-state index is -3.56. The van der Waals surface area contributed by atoms with Crippen LogP contribution in [0.1, 0.15) is 24.0 Å². The summed E-state index contributed by atoms with van der Waals surface area (Å²) in [6, 6.07) is 13.2. The molecule has 0 unspecified atom stereocenters. The van der Waals surface area contributed by atoms with Crippen LogP contribution in [0.25, 0.3) is 0 Å². The van der Waals surface area contributed by atoms with Crippen molar-refractivity contribution in [1.29, 1.82) is 0 Å². The lowest BCUT2D eigenvalue weighted by molar-refractivity contribution is 0.0517. The lowest BCUT2D eigenvalue weighted by atomic mass is 9.74. The maximum absolute atomic E-state index is 13.3. The third-order valence-corrected chi connectivity index (χ3v) is 6.48. The summed E-state index contributed by atoms with van der Waals surface area (Å²) in [5.74, 6) is -0.488. The molecule has 4 nitrogen and oxygen atoms in total. The van der Waals surface area contributed by atoms with Crippen LogP contribution in [0, 0.1) is 5.82 Å². The van der Waals surface area contributed by atoms with E-state index in [1.807, 2.05) is 0 Å². The Balaban J connectivity index is 1.77. The van der Waals surface area contributed by atoms with E-state index in [1.54, 1.807) is 36.4 Å². The molecule has 0 atom stereocenters. The van der Waals surface area contributed by atoms with Gasteiger partial charge < -0.3 is 4.74 Å². The van der Waals surface area contributed by atoms with Crippen molar-refractivity contribution in [2.75, 3.05) is 19.8 Å². The van der Waals surface area contributed by atoms with Crippen LogP contribution >= 0.6 is 11.6 Å². The fourth-order valence-corrected chi connectivity index (χ4v) is 4.79. The van der Waals surface area contributed by atoms with Gasteiger partial charge in [-0.25, -0.2) is 17.5 Å². The molecule has 0 saturated carbocycles. The largest absolute Gasteiger partial charge is 0.381 e. The van der Waals surface area contributed by atoms with Crippen molar-refractivity contribution in [3.8, 4) is 0 Å². The van der Waals surface area contributed by atoms with Crippen LogP contribution in [0.15, 0.2) is 48.5 Å². The van der Waals surface area contributed by atoms with E-state index in [0.29, 0.717) is 36.6 Å². The van der Waals surface area contributed by atoms with E-state index >= 15 is 0 Å². The fourth-order valence-electron chi connectivity index (χ4n) is 3.25. The summed E-state index contributed by atoms with van der Waals surface area (Å²) in [4.78, 5) is 0. The predicted molar refractivity (Wildman–Crippen MR) is 100 cm³/mol. The Labute approximate surface area is 158 Å². The van der Waals surface area contributed by atoms with Gasteiger partial charge in [0, 0.05) is 30.2 Å². The van der Waals surface area contributed by atoms with Gasteiger partial charge in [0.05, 0.1) is 5.75 Å². The van der Waals surface area contributed by atoms with Crippen molar-refractivity contribution in [3.63, 3.8) is 0 Å². The van der Waals surface area contributed by atoms with Crippen molar-refractivity contribution in [2.24, 2.45) is 0 Å². The van der Waals surface area contributed by atoms with Crippen LogP contribution in [0.4, 0.5) is 4.39 Å². The van der Waals surface area contributed by atoms with E-state index in [1.165, 1.54) is 12.1 Å². The topological polar surface area (TPSA) is 55.4 Å². The monoisotopic (exact) mass is 397 g/mol. The van der Waals surface area contributed by atoms with Gasteiger partial charge in [-0.05, 0) is 42.2 Å². The van der Waals surface area contributed by atoms with Gasteiger partial charge in [0.2, 0.25) is 10.0 Å². The standard InChI is InChI=1S/C19H21ClFNO3S/c20-18-4-2-1-3-15(18)13-26(23,24)22-14-19(9-11-25-12-10-19)16-5-7-17(21)8-6-16/h1-8,22H,9-14H2. The molecule has 1 fully saturated rings. The van der Waals surface area contributed by atoms with Crippen molar-refractivity contribution < 1.29 is 17.5 Å². The van der Waals surface area contributed by atoms with Gasteiger partial charge >= 0.3 is 0 Å². The Bertz CT molecular complexity index is 849. The second kappa shape index (κ2) is 8.05. The van der Waals surface area contributed by atoms with Crippen molar-refractivity contribution in [1.82, 2.24) is 4.72 Å². The third-order valence-electron chi connectivity index (χ3n) is 4.84. The van der Waals surface area contributed by atoms with Gasteiger partial charge in [0.1, 0.15) is 5.82 Å². The summed E-state index contributed by atoms with van der Waals surface area (Å²) in [6.45, 7) is 1.34. The van der Waals surface area contributed by atoms with Gasteiger partial charge in [-0.3, -0.25) is 0 Å². The van der Waals surface area contributed by atoms with Gasteiger partial charge in [-0.1, -0.05) is 41.9 Å². The molecule has 7 heteroatoms. The molecule has 2 aromatic rings. The quantitative estimate of drug-likeness (QED) is 0.809. The first-order chi connectivity index (χ1) is 12.4. The highest BCUT2D eigenvalue weighted by atomic mass is 35.5. The summed E-state index contributed by atoms with van der Waals surface area (Å²) < 4.78 is 46.6. The minimum absolute atomic E-state index is 0.178. The SMILES string of the molecule is O=S(=O)(Cc1ccccc1Cl)NCC1(c2ccc(F)cc2)CCOCC1. The van der Waals surface area contributed by atoms with Crippen molar-refractivity contribution in [2.45, 2.75) is 24.0 Å². The molecule has 1 aliphatic rings. The molecule has 0 aromatic heterocycles. The number of nitrogens with one attached hydrogen (secondary N) is 1. The van der Waals surface area contributed by atoms with Gasteiger partial charge in [0.15, 0.2) is 0 Å². The summed E-state index contributed by atoms with van der Waals surface area (Å²) in [6.07, 6.45) is 1.35. The second-order valence-corrected chi connectivity index (χ2v) is 8.79. The maximum atomic E-state index is 13.3. The highest BCUT2D eigenvalue weighted by molar-refractivity contribution is 7.88. The minimum Gasteiger partial charge on any atom is -0.381 e. The van der Waals surface area contributed by atoms with Crippen molar-refractivity contribution in [3.05, 3.63) is 70.5 Å². The first kappa shape index (κ1) is 19.3. The van der Waals surface area contributed by atoms with Crippen LogP contribution in [0.5, 0.6) is 0 Å². The average Bonchev–Trinajstić information content (AvgIpc) is 2.63. The Morgan fingerprint density at radius 2 is 1.73 bits per heavy atom. The van der Waals surface area contributed by atoms with Crippen LogP contribution < -0.4 is 4.72 Å². The Morgan fingerprint density at radius 1 is 1.08 bits per heavy atom. The summed E-state index contributed by atoms with van der Waals surface area (Å²) in [5.41, 5.74) is 1.08. The highest BCUT2D eigenvalue weighted by Gasteiger charge is 2.35. The molecular formula is C19H21ClFNO3S. The van der Waals surface area contributed by atoms with Gasteiger partial charge in [-0.2, -0.15) is 0 Å². The van der Waals surface area contributed by atoms with Crippen LogP contribution in [-0.4, -0.2) is 28.2 Å². The molecule has 140 valence electrons. The summed E-state index contributed by atoms with van der Waals surface area (Å²) >= 11 is 6.07. The molecule has 2 aromatic carbocycles. The number of sulfonamides is 1. The Kier molecular flexibility index (Phi) is 5.97. The average molecular weight is 398 g/mol. The number of hydrogen-bond donors (Lipinski definition) is 1. The number of hydrogen-bond acceptors (Lipinski definition) is 3. The van der Waals surface area contributed by atoms with Crippen LogP contribution in [-0.2, 0) is 25.9 Å². The highest BCUT2D eigenvalue weighted by Crippen LogP contribution is 2.34. The summed E-state index contributed by atoms with van der Waals surface area (Å²) in [7, 11) is -3.56. The Morgan fingerprint density at radius 3 is 2.38 bits per heavy atom. The van der Waals surface area contributed by atoms with Gasteiger partial charge in [-0.15, -0.1) is 0 Å². The molecular weight excluding hydrogens is 377 g/mol. The molecule has 1 aliphatic heterocycles. The van der Waals surface area contributed by atoms with E-state index in [2.05, 4.69) is 4.72 Å². The van der Waals surface area contributed by atoms with Crippen LogP contribution in [0.3, 0.4) is 0 Å². The molecule has 0 amide bonds. The molecule has 1 N–H and O–H groups in total. The first-order valence-electron chi connectivity index (χ1n) is 8.45. The Hall–Kier alpha value is -1.47. The molecule has 0 aliphatic carbocycles. The lowest BCUT2D eigenvalue weighted by Crippen LogP contribution is -2.44. The first-order valence-corrected chi connectivity index (χ1v) is 10.5. The van der Waals surface area contributed by atoms with E-state index in [-0.39, 0.29) is 18.1 Å². The predicted octanol–water partition coefficient (Wildman–Crippen LogP) is 3.65. The summed E-state index contributed by atoms with van der Waals surface area (Å²) in [5, 5.41) is 0.428. The molecule has 0 radical (unpaired) electrons. The number of ether oxygens (including phenoxy) is 1. The second-order valence-electron chi connectivity index (χ2n) is 6.57. The smallest absolute Gasteiger partial charge is 0.215 e. The van der Waals surface area contributed by atoms with E-state index < -0.39 is 15.4 Å². The zero-order valence-corrected chi connectivity index (χ0v) is 15.8. The molecule has 0 spiro atoms. The maximum Gasteiger partial charge on any atom is 0.215 e. The number of benzene rings is 2. The fraction of sp³-hybridized carbons (Fsp3) is 0.368. The van der Waals surface area contributed by atoms with Gasteiger partial charge in [0.25, 0.3) is 0 Å². The zero-order chi connectivity index (χ0) is 18.6. The molecule has 0 bridgehead atoms. The number of halogens is 2. The van der Waals surface area contributed by atoms with E-state index in [4.69, 9.17) is 16.3 Å². The van der Waals surface area contributed by atoms with Crippen molar-refractivity contribution >= 4 is 21.6 Å². The zero-order valence-electron chi connectivity index (χ0n) is 14.3.